The largest absolute Gasteiger partial charge is 0.416 e. The molecule has 0 bridgehead atoms. The number of nitrogens with two attached hydrogens (primary N) is 1. The van der Waals surface area contributed by atoms with Gasteiger partial charge in [-0.3, -0.25) is 0 Å². The predicted octanol–water partition coefficient (Wildman–Crippen LogP) is 3.94. The summed E-state index contributed by atoms with van der Waals surface area (Å²) in [5.41, 5.74) is 7.64. The van der Waals surface area contributed by atoms with E-state index in [9.17, 15) is 13.2 Å². The minimum absolute atomic E-state index is 0.211. The predicted molar refractivity (Wildman–Crippen MR) is 81.6 cm³/mol. The number of nitrogens with zero attached hydrogens (tertiary/aromatic N) is 1. The highest BCUT2D eigenvalue weighted by Gasteiger charge is 2.29. The summed E-state index contributed by atoms with van der Waals surface area (Å²) in [6, 6.07) is 12.5. The van der Waals surface area contributed by atoms with Crippen LogP contribution in [0.15, 0.2) is 53.5 Å². The second kappa shape index (κ2) is 6.51. The first-order valence-electron chi connectivity index (χ1n) is 6.64. The highest BCUT2D eigenvalue weighted by molar-refractivity contribution is 5.92. The number of alkyl halides is 3. The third kappa shape index (κ3) is 4.51. The summed E-state index contributed by atoms with van der Waals surface area (Å²) in [4.78, 5) is 4.11. The lowest BCUT2D eigenvalue weighted by Gasteiger charge is -2.08. The molecule has 0 radical (unpaired) electrons. The van der Waals surface area contributed by atoms with Crippen molar-refractivity contribution in [1.82, 2.24) is 0 Å². The van der Waals surface area contributed by atoms with Crippen molar-refractivity contribution in [2.75, 3.05) is 5.32 Å². The van der Waals surface area contributed by atoms with E-state index in [1.165, 1.54) is 12.1 Å². The van der Waals surface area contributed by atoms with Gasteiger partial charge in [0.1, 0.15) is 0 Å². The molecule has 0 spiro atoms. The Morgan fingerprint density at radius 3 is 2.41 bits per heavy atom. The van der Waals surface area contributed by atoms with Crippen molar-refractivity contribution >= 4 is 11.6 Å². The number of guanidine groups is 1. The van der Waals surface area contributed by atoms with E-state index in [1.807, 2.05) is 31.2 Å². The topological polar surface area (TPSA) is 50.4 Å². The Hall–Kier alpha value is -2.50. The van der Waals surface area contributed by atoms with Gasteiger partial charge >= 0.3 is 6.18 Å². The van der Waals surface area contributed by atoms with Gasteiger partial charge in [0, 0.05) is 5.69 Å². The van der Waals surface area contributed by atoms with Gasteiger partial charge in [-0.1, -0.05) is 24.3 Å². The summed E-state index contributed by atoms with van der Waals surface area (Å²) in [6.45, 7) is 2.17. The smallest absolute Gasteiger partial charge is 0.370 e. The Kier molecular flexibility index (Phi) is 4.70. The van der Waals surface area contributed by atoms with E-state index in [0.29, 0.717) is 5.56 Å². The summed E-state index contributed by atoms with van der Waals surface area (Å²) in [7, 11) is 0. The van der Waals surface area contributed by atoms with Gasteiger partial charge < -0.3 is 11.1 Å². The van der Waals surface area contributed by atoms with Gasteiger partial charge in [0.2, 0.25) is 0 Å². The second-order valence-electron chi connectivity index (χ2n) is 4.89. The molecule has 0 aliphatic heterocycles. The van der Waals surface area contributed by atoms with Crippen molar-refractivity contribution < 1.29 is 13.2 Å². The van der Waals surface area contributed by atoms with E-state index < -0.39 is 11.7 Å². The number of hydrogen-bond donors (Lipinski definition) is 2. The van der Waals surface area contributed by atoms with E-state index in [2.05, 4.69) is 10.3 Å². The number of aryl methyl sites for hydroxylation is 1. The van der Waals surface area contributed by atoms with E-state index in [1.54, 1.807) is 0 Å². The number of hydrogen-bond acceptors (Lipinski definition) is 1. The molecule has 2 aromatic carbocycles. The fraction of sp³-hybridized carbons (Fsp3) is 0.188. The normalized spacial score (nSPS) is 12.3. The highest BCUT2D eigenvalue weighted by Crippen LogP contribution is 2.29. The molecule has 0 atom stereocenters. The third-order valence-corrected chi connectivity index (χ3v) is 3.00. The maximum atomic E-state index is 12.5. The van der Waals surface area contributed by atoms with Crippen LogP contribution in [0, 0.1) is 6.92 Å². The van der Waals surface area contributed by atoms with Crippen molar-refractivity contribution in [2.24, 2.45) is 10.7 Å². The summed E-state index contributed by atoms with van der Waals surface area (Å²) in [6.07, 6.45) is -4.33. The van der Waals surface area contributed by atoms with Crippen LogP contribution in [0.25, 0.3) is 0 Å². The first-order chi connectivity index (χ1) is 10.3. The highest BCUT2D eigenvalue weighted by atomic mass is 19.4. The molecule has 0 unspecified atom stereocenters. The fourth-order valence-electron chi connectivity index (χ4n) is 1.89. The first kappa shape index (κ1) is 15.9. The lowest BCUT2D eigenvalue weighted by Crippen LogP contribution is -2.22. The molecule has 2 rings (SSSR count). The molecule has 116 valence electrons. The van der Waals surface area contributed by atoms with Gasteiger partial charge in [-0.15, -0.1) is 0 Å². The van der Waals surface area contributed by atoms with Crippen LogP contribution in [0.4, 0.5) is 18.9 Å². The van der Waals surface area contributed by atoms with Gasteiger partial charge in [-0.05, 0) is 42.3 Å². The van der Waals surface area contributed by atoms with E-state index in [0.717, 1.165) is 23.4 Å². The zero-order chi connectivity index (χ0) is 16.2. The minimum Gasteiger partial charge on any atom is -0.370 e. The standard InChI is InChI=1S/C16H16F3N3/c1-11-3-2-4-14(9-11)22-15(20)21-10-12-5-7-13(8-6-12)16(17,18)19/h2-9H,10H2,1H3,(H3,20,21,22). The molecule has 0 aliphatic rings. The molecule has 0 amide bonds. The Labute approximate surface area is 126 Å². The molecule has 0 heterocycles. The Balaban J connectivity index is 1.99. The quantitative estimate of drug-likeness (QED) is 0.666. The van der Waals surface area contributed by atoms with Gasteiger partial charge in [-0.2, -0.15) is 13.2 Å². The number of halogens is 3. The van der Waals surface area contributed by atoms with Gasteiger partial charge in [0.15, 0.2) is 5.96 Å². The van der Waals surface area contributed by atoms with Gasteiger partial charge in [0.25, 0.3) is 0 Å². The SMILES string of the molecule is Cc1cccc(NC(N)=NCc2ccc(C(F)(F)F)cc2)c1. The summed E-state index contributed by atoms with van der Waals surface area (Å²) in [5.74, 6) is 0.213. The molecular weight excluding hydrogens is 291 g/mol. The van der Waals surface area contributed by atoms with Crippen LogP contribution < -0.4 is 11.1 Å². The molecule has 0 saturated carbocycles. The molecule has 0 fully saturated rings. The van der Waals surface area contributed by atoms with E-state index in [4.69, 9.17) is 5.73 Å². The number of aliphatic imine (C=N–C) groups is 1. The maximum Gasteiger partial charge on any atom is 0.416 e. The van der Waals surface area contributed by atoms with Crippen LogP contribution in [0.5, 0.6) is 0 Å². The molecule has 0 aromatic heterocycles. The average molecular weight is 307 g/mol. The maximum absolute atomic E-state index is 12.5. The van der Waals surface area contributed by atoms with Crippen LogP contribution >= 0.6 is 0 Å². The van der Waals surface area contributed by atoms with Crippen LogP contribution in [0.1, 0.15) is 16.7 Å². The van der Waals surface area contributed by atoms with E-state index >= 15 is 0 Å². The molecule has 22 heavy (non-hydrogen) atoms. The molecule has 3 N–H and O–H groups in total. The van der Waals surface area contributed by atoms with Crippen molar-refractivity contribution in [1.29, 1.82) is 0 Å². The van der Waals surface area contributed by atoms with E-state index in [-0.39, 0.29) is 12.5 Å². The van der Waals surface area contributed by atoms with Crippen molar-refractivity contribution in [3.05, 3.63) is 65.2 Å². The Morgan fingerprint density at radius 1 is 1.14 bits per heavy atom. The number of anilines is 1. The van der Waals surface area contributed by atoms with Crippen LogP contribution in [0.3, 0.4) is 0 Å². The van der Waals surface area contributed by atoms with Crippen molar-refractivity contribution in [3.8, 4) is 0 Å². The van der Waals surface area contributed by atoms with Crippen LogP contribution in [-0.2, 0) is 12.7 Å². The Bertz CT molecular complexity index is 661. The summed E-state index contributed by atoms with van der Waals surface area (Å²) in [5, 5.41) is 2.94. The third-order valence-electron chi connectivity index (χ3n) is 3.00. The lowest BCUT2D eigenvalue weighted by molar-refractivity contribution is -0.137. The van der Waals surface area contributed by atoms with Crippen LogP contribution in [0.2, 0.25) is 0 Å². The van der Waals surface area contributed by atoms with Crippen molar-refractivity contribution in [3.63, 3.8) is 0 Å². The summed E-state index contributed by atoms with van der Waals surface area (Å²) >= 11 is 0. The molecule has 3 nitrogen and oxygen atoms in total. The summed E-state index contributed by atoms with van der Waals surface area (Å²) < 4.78 is 37.4. The Morgan fingerprint density at radius 2 is 1.82 bits per heavy atom. The molecular formula is C16H16F3N3. The minimum atomic E-state index is -4.33. The van der Waals surface area contributed by atoms with Gasteiger partial charge in [-0.25, -0.2) is 4.99 Å². The first-order valence-corrected chi connectivity index (χ1v) is 6.64. The average Bonchev–Trinajstić information content (AvgIpc) is 2.45. The van der Waals surface area contributed by atoms with Crippen LogP contribution in [-0.4, -0.2) is 5.96 Å². The zero-order valence-electron chi connectivity index (χ0n) is 12.0. The lowest BCUT2D eigenvalue weighted by atomic mass is 10.1. The molecule has 2 aromatic rings. The number of rotatable bonds is 3. The number of nitrogens with one attached hydrogen (secondary N) is 1. The monoisotopic (exact) mass is 307 g/mol. The fourth-order valence-corrected chi connectivity index (χ4v) is 1.89. The molecule has 0 aliphatic carbocycles. The number of benzene rings is 2. The molecule has 0 saturated heterocycles. The van der Waals surface area contributed by atoms with Crippen molar-refractivity contribution in [2.45, 2.75) is 19.6 Å². The molecule has 6 heteroatoms. The zero-order valence-corrected chi connectivity index (χ0v) is 12.0. The second-order valence-corrected chi connectivity index (χ2v) is 4.89. The van der Waals surface area contributed by atoms with Gasteiger partial charge in [0.05, 0.1) is 12.1 Å².